The summed E-state index contributed by atoms with van der Waals surface area (Å²) in [6.45, 7) is 0.759. The van der Waals surface area contributed by atoms with Gasteiger partial charge in [0.2, 0.25) is 10.0 Å². The summed E-state index contributed by atoms with van der Waals surface area (Å²) in [4.78, 5) is 28.6. The van der Waals surface area contributed by atoms with Gasteiger partial charge in [-0.3, -0.25) is 9.59 Å². The molecule has 0 aromatic heterocycles. The van der Waals surface area contributed by atoms with Gasteiger partial charge in [0.15, 0.2) is 0 Å². The first-order valence-electron chi connectivity index (χ1n) is 12.9. The maximum atomic E-state index is 13.7. The molecule has 0 bridgehead atoms. The Kier molecular flexibility index (Phi) is 6.50. The molecule has 0 unspecified atom stereocenters. The number of anilines is 2. The molecule has 0 saturated carbocycles. The molecule has 4 aromatic rings. The summed E-state index contributed by atoms with van der Waals surface area (Å²) in [5, 5.41) is 2.93. The summed E-state index contributed by atoms with van der Waals surface area (Å²) in [6, 6.07) is 30.3. The number of fused-ring (bicyclic) bond motifs is 2. The standard InChI is InChI=1S/C31H27N3O4S/c35-30(27-13-5-4-12-26(27)22-9-2-1-3-10-22)32-24-18-16-23(17-19-24)31(36)33-21-25-11-8-20-34(25)39(37,38)29-15-7-6-14-28(29)33/h1-7,9-10,12-19,25H,8,11,20-21H2,(H,32,35)/t25-/m1/s1. The summed E-state index contributed by atoms with van der Waals surface area (Å²) in [5.41, 5.74) is 3.69. The van der Waals surface area contributed by atoms with Crippen molar-refractivity contribution in [2.75, 3.05) is 23.3 Å². The van der Waals surface area contributed by atoms with E-state index in [1.165, 1.54) is 4.31 Å². The van der Waals surface area contributed by atoms with Gasteiger partial charge in [0, 0.05) is 35.9 Å². The predicted molar refractivity (Wildman–Crippen MR) is 151 cm³/mol. The molecule has 2 amide bonds. The molecule has 1 saturated heterocycles. The molecule has 2 aliphatic rings. The van der Waals surface area contributed by atoms with E-state index in [-0.39, 0.29) is 22.8 Å². The van der Waals surface area contributed by atoms with Gasteiger partial charge >= 0.3 is 0 Å². The number of carbonyl (C=O) groups excluding carboxylic acids is 2. The van der Waals surface area contributed by atoms with Crippen molar-refractivity contribution in [3.05, 3.63) is 114 Å². The van der Waals surface area contributed by atoms with Crippen LogP contribution in [-0.4, -0.2) is 43.7 Å². The van der Waals surface area contributed by atoms with Gasteiger partial charge in [-0.25, -0.2) is 8.42 Å². The van der Waals surface area contributed by atoms with Crippen LogP contribution in [0.3, 0.4) is 0 Å². The lowest BCUT2D eigenvalue weighted by molar-refractivity contribution is 0.0981. The van der Waals surface area contributed by atoms with Crippen molar-refractivity contribution in [3.8, 4) is 11.1 Å². The summed E-state index contributed by atoms with van der Waals surface area (Å²) in [5.74, 6) is -0.528. The van der Waals surface area contributed by atoms with E-state index in [9.17, 15) is 18.0 Å². The van der Waals surface area contributed by atoms with Crippen LogP contribution in [0.5, 0.6) is 0 Å². The Bertz CT molecular complexity index is 1650. The highest BCUT2D eigenvalue weighted by Crippen LogP contribution is 2.37. The van der Waals surface area contributed by atoms with E-state index in [0.717, 1.165) is 17.5 Å². The Hall–Kier alpha value is -4.27. The molecule has 0 radical (unpaired) electrons. The maximum Gasteiger partial charge on any atom is 0.258 e. The Morgan fingerprint density at radius 2 is 1.49 bits per heavy atom. The minimum absolute atomic E-state index is 0.156. The van der Waals surface area contributed by atoms with E-state index in [0.29, 0.717) is 42.0 Å². The third kappa shape index (κ3) is 4.62. The quantitative estimate of drug-likeness (QED) is 0.377. The Morgan fingerprint density at radius 1 is 0.795 bits per heavy atom. The smallest absolute Gasteiger partial charge is 0.258 e. The third-order valence-corrected chi connectivity index (χ3v) is 9.35. The number of hydrogen-bond acceptors (Lipinski definition) is 4. The van der Waals surface area contributed by atoms with Crippen LogP contribution in [0.25, 0.3) is 11.1 Å². The van der Waals surface area contributed by atoms with Gasteiger partial charge in [-0.05, 0) is 66.4 Å². The van der Waals surface area contributed by atoms with Gasteiger partial charge in [-0.2, -0.15) is 4.31 Å². The van der Waals surface area contributed by atoms with Crippen LogP contribution in [0.1, 0.15) is 33.6 Å². The van der Waals surface area contributed by atoms with E-state index in [1.54, 1.807) is 59.5 Å². The van der Waals surface area contributed by atoms with Crippen molar-refractivity contribution >= 4 is 33.2 Å². The van der Waals surface area contributed by atoms with Crippen molar-refractivity contribution in [3.63, 3.8) is 0 Å². The fourth-order valence-electron chi connectivity index (χ4n) is 5.44. The minimum Gasteiger partial charge on any atom is -0.322 e. The van der Waals surface area contributed by atoms with Crippen molar-refractivity contribution in [2.24, 2.45) is 0 Å². The van der Waals surface area contributed by atoms with Crippen molar-refractivity contribution < 1.29 is 18.0 Å². The molecule has 1 atom stereocenters. The van der Waals surface area contributed by atoms with Crippen LogP contribution in [0.4, 0.5) is 11.4 Å². The molecule has 2 heterocycles. The number of nitrogens with one attached hydrogen (secondary N) is 1. The monoisotopic (exact) mass is 537 g/mol. The number of sulfonamides is 1. The second-order valence-electron chi connectivity index (χ2n) is 9.74. The Morgan fingerprint density at radius 3 is 2.28 bits per heavy atom. The first-order chi connectivity index (χ1) is 18.9. The second-order valence-corrected chi connectivity index (χ2v) is 11.6. The third-order valence-electron chi connectivity index (χ3n) is 7.35. The summed E-state index contributed by atoms with van der Waals surface area (Å²) >= 11 is 0. The van der Waals surface area contributed by atoms with Gasteiger partial charge in [0.25, 0.3) is 11.8 Å². The summed E-state index contributed by atoms with van der Waals surface area (Å²) in [6.07, 6.45) is 1.49. The first-order valence-corrected chi connectivity index (χ1v) is 14.4. The molecule has 0 aliphatic carbocycles. The van der Waals surface area contributed by atoms with Crippen LogP contribution in [0, 0.1) is 0 Å². The highest BCUT2D eigenvalue weighted by Gasteiger charge is 2.42. The topological polar surface area (TPSA) is 86.8 Å². The number of amides is 2. The molecule has 2 aliphatic heterocycles. The summed E-state index contributed by atoms with van der Waals surface area (Å²) < 4.78 is 28.2. The number of hydrogen-bond donors (Lipinski definition) is 1. The van der Waals surface area contributed by atoms with Gasteiger partial charge in [-0.1, -0.05) is 60.7 Å². The van der Waals surface area contributed by atoms with Gasteiger partial charge in [-0.15, -0.1) is 0 Å². The number of benzene rings is 4. The van der Waals surface area contributed by atoms with Gasteiger partial charge in [0.05, 0.1) is 5.69 Å². The van der Waals surface area contributed by atoms with Crippen LogP contribution in [0.2, 0.25) is 0 Å². The Balaban J connectivity index is 1.25. The number of para-hydroxylation sites is 1. The predicted octanol–water partition coefficient (Wildman–Crippen LogP) is 5.42. The molecule has 7 nitrogen and oxygen atoms in total. The first kappa shape index (κ1) is 25.0. The lowest BCUT2D eigenvalue weighted by atomic mass is 9.99. The number of carbonyl (C=O) groups is 2. The molecular formula is C31H27N3O4S. The van der Waals surface area contributed by atoms with Crippen molar-refractivity contribution in [2.45, 2.75) is 23.8 Å². The van der Waals surface area contributed by atoms with Crippen molar-refractivity contribution in [1.82, 2.24) is 4.31 Å². The fourth-order valence-corrected chi connectivity index (χ4v) is 7.31. The fraction of sp³-hybridized carbons (Fsp3) is 0.161. The lowest BCUT2D eigenvalue weighted by Crippen LogP contribution is -2.42. The lowest BCUT2D eigenvalue weighted by Gasteiger charge is -2.25. The average Bonchev–Trinajstić information content (AvgIpc) is 3.43. The molecule has 0 spiro atoms. The molecule has 39 heavy (non-hydrogen) atoms. The normalized spacial score (nSPS) is 18.1. The SMILES string of the molecule is O=C(Nc1ccc(C(=O)N2C[C@H]3CCCN3S(=O)(=O)c3ccccc32)cc1)c1ccccc1-c1ccccc1. The Labute approximate surface area is 227 Å². The molecule has 196 valence electrons. The molecule has 1 fully saturated rings. The zero-order valence-corrected chi connectivity index (χ0v) is 22.0. The molecule has 1 N–H and O–H groups in total. The van der Waals surface area contributed by atoms with Gasteiger partial charge < -0.3 is 10.2 Å². The van der Waals surface area contributed by atoms with E-state index in [4.69, 9.17) is 0 Å². The van der Waals surface area contributed by atoms with Crippen LogP contribution >= 0.6 is 0 Å². The maximum absolute atomic E-state index is 13.7. The highest BCUT2D eigenvalue weighted by atomic mass is 32.2. The molecule has 4 aromatic carbocycles. The van der Waals surface area contributed by atoms with Crippen LogP contribution in [-0.2, 0) is 10.0 Å². The number of nitrogens with zero attached hydrogens (tertiary/aromatic N) is 2. The zero-order chi connectivity index (χ0) is 27.0. The van der Waals surface area contributed by atoms with Crippen molar-refractivity contribution in [1.29, 1.82) is 0 Å². The zero-order valence-electron chi connectivity index (χ0n) is 21.2. The average molecular weight is 538 g/mol. The molecule has 6 rings (SSSR count). The van der Waals surface area contributed by atoms with E-state index in [1.807, 2.05) is 48.5 Å². The van der Waals surface area contributed by atoms with E-state index >= 15 is 0 Å². The summed E-state index contributed by atoms with van der Waals surface area (Å²) in [7, 11) is -3.68. The number of rotatable bonds is 4. The van der Waals surface area contributed by atoms with E-state index < -0.39 is 10.0 Å². The highest BCUT2D eigenvalue weighted by molar-refractivity contribution is 7.89. The van der Waals surface area contributed by atoms with Gasteiger partial charge in [0.1, 0.15) is 4.90 Å². The largest absolute Gasteiger partial charge is 0.322 e. The van der Waals surface area contributed by atoms with Crippen LogP contribution < -0.4 is 10.2 Å². The molecule has 8 heteroatoms. The second kappa shape index (κ2) is 10.1. The minimum atomic E-state index is -3.68. The van der Waals surface area contributed by atoms with E-state index in [2.05, 4.69) is 5.32 Å². The van der Waals surface area contributed by atoms with Crippen LogP contribution in [0.15, 0.2) is 108 Å². The molecular weight excluding hydrogens is 510 g/mol.